The molecule has 0 fully saturated rings. The van der Waals surface area contributed by atoms with Crippen LogP contribution in [0.4, 0.5) is 0 Å². The number of carbonyl (C=O) groups excluding carboxylic acids is 2. The van der Waals surface area contributed by atoms with Crippen LogP contribution in [0, 0.1) is 24.2 Å². The lowest BCUT2D eigenvalue weighted by Gasteiger charge is -2.41. The van der Waals surface area contributed by atoms with Crippen LogP contribution in [0.1, 0.15) is 71.9 Å². The lowest BCUT2D eigenvalue weighted by molar-refractivity contribution is -0.160. The molecule has 2 aromatic carbocycles. The van der Waals surface area contributed by atoms with Crippen molar-refractivity contribution in [3.8, 4) is 6.07 Å². The van der Waals surface area contributed by atoms with E-state index in [-0.39, 0.29) is 24.9 Å². The quantitative estimate of drug-likeness (QED) is 0.422. The fourth-order valence-corrected chi connectivity index (χ4v) is 5.15. The number of nitrogens with one attached hydrogen (secondary N) is 1. The largest absolute Gasteiger partial charge is 0.466 e. The van der Waals surface area contributed by atoms with Gasteiger partial charge in [-0.2, -0.15) is 5.26 Å². The zero-order chi connectivity index (χ0) is 25.9. The first-order valence-electron chi connectivity index (χ1n) is 12.5. The molecule has 188 valence electrons. The predicted octanol–water partition coefficient (Wildman–Crippen LogP) is 5.47. The Morgan fingerprint density at radius 3 is 2.64 bits per heavy atom. The number of fused-ring (bicyclic) bond motifs is 3. The predicted molar refractivity (Wildman–Crippen MR) is 135 cm³/mol. The van der Waals surface area contributed by atoms with E-state index in [0.717, 1.165) is 28.6 Å². The summed E-state index contributed by atoms with van der Waals surface area (Å²) in [6.45, 7) is 8.61. The fourth-order valence-electron chi connectivity index (χ4n) is 5.15. The number of hydrogen-bond acceptors (Lipinski definition) is 6. The van der Waals surface area contributed by atoms with Gasteiger partial charge in [0, 0.05) is 5.39 Å². The summed E-state index contributed by atoms with van der Waals surface area (Å²) in [6.07, 6.45) is 1.46. The second kappa shape index (κ2) is 10.5. The maximum atomic E-state index is 13.1. The number of H-pyrrole nitrogens is 1. The number of benzene rings is 2. The molecule has 2 heterocycles. The van der Waals surface area contributed by atoms with Gasteiger partial charge in [-0.15, -0.1) is 0 Å². The molecule has 7 nitrogen and oxygen atoms in total. The number of aromatic amines is 1. The maximum absolute atomic E-state index is 13.1. The van der Waals surface area contributed by atoms with E-state index in [1.807, 2.05) is 37.3 Å². The van der Waals surface area contributed by atoms with Crippen molar-refractivity contribution in [2.45, 2.75) is 59.2 Å². The molecule has 0 spiro atoms. The second-order valence-corrected chi connectivity index (χ2v) is 9.28. The van der Waals surface area contributed by atoms with Crippen LogP contribution in [0.3, 0.4) is 0 Å². The van der Waals surface area contributed by atoms with Crippen LogP contribution in [0.2, 0.25) is 0 Å². The van der Waals surface area contributed by atoms with Crippen LogP contribution >= 0.6 is 0 Å². The lowest BCUT2D eigenvalue weighted by Crippen LogP contribution is -2.43. The van der Waals surface area contributed by atoms with E-state index >= 15 is 0 Å². The highest BCUT2D eigenvalue weighted by Gasteiger charge is 2.46. The number of hydrogen-bond donors (Lipinski definition) is 1. The van der Waals surface area contributed by atoms with Crippen molar-refractivity contribution in [2.24, 2.45) is 5.92 Å². The molecule has 0 radical (unpaired) electrons. The molecule has 2 unspecified atom stereocenters. The van der Waals surface area contributed by atoms with Crippen molar-refractivity contribution >= 4 is 22.8 Å². The van der Waals surface area contributed by atoms with Gasteiger partial charge < -0.3 is 19.2 Å². The van der Waals surface area contributed by atoms with Crippen molar-refractivity contribution in [2.75, 3.05) is 13.2 Å². The molecule has 1 aliphatic heterocycles. The van der Waals surface area contributed by atoms with E-state index in [1.54, 1.807) is 13.0 Å². The topological polar surface area (TPSA) is 101 Å². The summed E-state index contributed by atoms with van der Waals surface area (Å²) >= 11 is 0. The molecule has 0 saturated carbocycles. The van der Waals surface area contributed by atoms with E-state index in [1.165, 1.54) is 0 Å². The molecular weight excluding hydrogens is 456 g/mol. The Morgan fingerprint density at radius 2 is 1.97 bits per heavy atom. The first-order valence-corrected chi connectivity index (χ1v) is 12.5. The van der Waals surface area contributed by atoms with Crippen molar-refractivity contribution in [1.29, 1.82) is 5.26 Å². The number of aromatic nitrogens is 1. The summed E-state index contributed by atoms with van der Waals surface area (Å²) in [5.41, 5.74) is 3.88. The molecule has 1 aromatic heterocycles. The number of ether oxygens (including phenoxy) is 3. The number of rotatable bonds is 8. The lowest BCUT2D eigenvalue weighted by atomic mass is 9.77. The standard InChI is InChI=1S/C29H32N2O5/c1-5-18(3)29(15-24(32)34-6-2)27-22(12-13-36-29)25-21(16-30)14-23(19(4)26(25)31-27)28(33)35-17-20-10-8-7-9-11-20/h7-11,14,18,31H,5-6,12-13,15,17H2,1-4H3. The zero-order valence-corrected chi connectivity index (χ0v) is 21.3. The van der Waals surface area contributed by atoms with Gasteiger partial charge in [-0.3, -0.25) is 4.79 Å². The van der Waals surface area contributed by atoms with Crippen molar-refractivity contribution in [3.63, 3.8) is 0 Å². The fraction of sp³-hybridized carbons (Fsp3) is 0.414. The van der Waals surface area contributed by atoms with Gasteiger partial charge in [0.15, 0.2) is 0 Å². The molecule has 1 aliphatic rings. The highest BCUT2D eigenvalue weighted by Crippen LogP contribution is 2.46. The Bertz CT molecular complexity index is 1320. The third-order valence-corrected chi connectivity index (χ3v) is 7.25. The summed E-state index contributed by atoms with van der Waals surface area (Å²) in [5, 5.41) is 10.8. The Balaban J connectivity index is 1.82. The van der Waals surface area contributed by atoms with Crippen LogP contribution in [0.5, 0.6) is 0 Å². The van der Waals surface area contributed by atoms with Gasteiger partial charge in [0.2, 0.25) is 0 Å². The molecule has 4 rings (SSSR count). The Kier molecular flexibility index (Phi) is 7.46. The van der Waals surface area contributed by atoms with E-state index in [2.05, 4.69) is 24.9 Å². The van der Waals surface area contributed by atoms with Crippen molar-refractivity contribution in [3.05, 3.63) is 69.9 Å². The van der Waals surface area contributed by atoms with Gasteiger partial charge >= 0.3 is 11.9 Å². The van der Waals surface area contributed by atoms with E-state index in [0.29, 0.717) is 41.8 Å². The molecule has 7 heteroatoms. The molecule has 0 amide bonds. The highest BCUT2D eigenvalue weighted by atomic mass is 16.5. The average Bonchev–Trinajstić information content (AvgIpc) is 3.29. The van der Waals surface area contributed by atoms with Crippen molar-refractivity contribution in [1.82, 2.24) is 4.98 Å². The first kappa shape index (κ1) is 25.5. The third kappa shape index (κ3) is 4.49. The highest BCUT2D eigenvalue weighted by molar-refractivity contribution is 6.01. The van der Waals surface area contributed by atoms with Crippen LogP contribution in [-0.2, 0) is 37.6 Å². The van der Waals surface area contributed by atoms with Gasteiger partial charge in [0.05, 0.1) is 48.0 Å². The van der Waals surface area contributed by atoms with Gasteiger partial charge in [-0.25, -0.2) is 4.79 Å². The first-order chi connectivity index (χ1) is 17.4. The van der Waals surface area contributed by atoms with Gasteiger partial charge in [0.1, 0.15) is 12.2 Å². The summed E-state index contributed by atoms with van der Waals surface area (Å²) in [6, 6.07) is 13.4. The van der Waals surface area contributed by atoms with Crippen LogP contribution in [0.25, 0.3) is 10.9 Å². The minimum atomic E-state index is -0.902. The monoisotopic (exact) mass is 488 g/mol. The van der Waals surface area contributed by atoms with Gasteiger partial charge in [-0.05, 0) is 48.9 Å². The molecule has 0 bridgehead atoms. The molecular formula is C29H32N2O5. The van der Waals surface area contributed by atoms with Crippen LogP contribution in [-0.4, -0.2) is 30.1 Å². The number of nitriles is 1. The molecule has 0 aliphatic carbocycles. The molecule has 3 aromatic rings. The Morgan fingerprint density at radius 1 is 1.22 bits per heavy atom. The maximum Gasteiger partial charge on any atom is 0.338 e. The SMILES string of the molecule is CCOC(=O)CC1(C(C)CC)OCCc2c1[nH]c1c(C)c(C(=O)OCc3ccccc3)cc(C#N)c21. The minimum absolute atomic E-state index is 0.00942. The molecule has 0 saturated heterocycles. The molecule has 2 atom stereocenters. The second-order valence-electron chi connectivity index (χ2n) is 9.28. The Hall–Kier alpha value is -3.63. The summed E-state index contributed by atoms with van der Waals surface area (Å²) in [7, 11) is 0. The number of carbonyl (C=O) groups is 2. The van der Waals surface area contributed by atoms with Crippen molar-refractivity contribution < 1.29 is 23.8 Å². The zero-order valence-electron chi connectivity index (χ0n) is 21.3. The van der Waals surface area contributed by atoms with Gasteiger partial charge in [-0.1, -0.05) is 50.6 Å². The Labute approximate surface area is 211 Å². The van der Waals surface area contributed by atoms with Crippen LogP contribution in [0.15, 0.2) is 36.4 Å². The van der Waals surface area contributed by atoms with Crippen LogP contribution < -0.4 is 0 Å². The molecule has 36 heavy (non-hydrogen) atoms. The normalized spacial score (nSPS) is 17.8. The van der Waals surface area contributed by atoms with Gasteiger partial charge in [0.25, 0.3) is 0 Å². The smallest absolute Gasteiger partial charge is 0.338 e. The average molecular weight is 489 g/mol. The number of nitrogens with zero attached hydrogens (tertiary/aromatic N) is 1. The summed E-state index contributed by atoms with van der Waals surface area (Å²) < 4.78 is 17.2. The number of aryl methyl sites for hydroxylation is 1. The minimum Gasteiger partial charge on any atom is -0.466 e. The summed E-state index contributed by atoms with van der Waals surface area (Å²) in [4.78, 5) is 29.2. The van der Waals surface area contributed by atoms with E-state index in [9.17, 15) is 14.9 Å². The number of esters is 2. The summed E-state index contributed by atoms with van der Waals surface area (Å²) in [5.74, 6) is -0.805. The van der Waals surface area contributed by atoms with E-state index < -0.39 is 11.6 Å². The molecule has 1 N–H and O–H groups in total. The third-order valence-electron chi connectivity index (χ3n) is 7.25. The van der Waals surface area contributed by atoms with E-state index in [4.69, 9.17) is 14.2 Å².